The Kier molecular flexibility index (Phi) is 5.50. The summed E-state index contributed by atoms with van der Waals surface area (Å²) in [6, 6.07) is 5.78. The highest BCUT2D eigenvalue weighted by molar-refractivity contribution is 7.89. The fraction of sp³-hybridized carbons (Fsp3) is 0.368. The molecule has 3 aromatic rings. The summed E-state index contributed by atoms with van der Waals surface area (Å²) in [5, 5.41) is 7.17. The molecule has 2 heterocycles. The van der Waals surface area contributed by atoms with E-state index in [1.54, 1.807) is 0 Å². The molecule has 0 spiro atoms. The van der Waals surface area contributed by atoms with Crippen molar-refractivity contribution < 1.29 is 8.42 Å². The lowest BCUT2D eigenvalue weighted by molar-refractivity contribution is 0.580. The number of sulfonamides is 1. The molecule has 0 aliphatic heterocycles. The lowest BCUT2D eigenvalue weighted by Gasteiger charge is -2.12. The minimum Gasteiger partial charge on any atom is -0.223 e. The van der Waals surface area contributed by atoms with Crippen molar-refractivity contribution >= 4 is 21.4 Å². The SMILES string of the molecule is Cc1cc(C)c(S(=O)(=O)NCCc2csc(-n3nc(C)cc3C)n2)c(C)c1. The molecule has 0 atom stereocenters. The van der Waals surface area contributed by atoms with E-state index in [9.17, 15) is 8.42 Å². The fourth-order valence-electron chi connectivity index (χ4n) is 3.31. The predicted molar refractivity (Wildman–Crippen MR) is 108 cm³/mol. The molecule has 3 rings (SSSR count). The second kappa shape index (κ2) is 7.53. The van der Waals surface area contributed by atoms with E-state index in [0.29, 0.717) is 17.9 Å². The first-order chi connectivity index (χ1) is 12.7. The quantitative estimate of drug-likeness (QED) is 0.683. The Labute approximate surface area is 164 Å². The Balaban J connectivity index is 1.69. The summed E-state index contributed by atoms with van der Waals surface area (Å²) in [5.41, 5.74) is 5.41. The highest BCUT2D eigenvalue weighted by atomic mass is 32.2. The number of hydrogen-bond donors (Lipinski definition) is 1. The van der Waals surface area contributed by atoms with Crippen LogP contribution >= 0.6 is 11.3 Å². The third-order valence-corrected chi connectivity index (χ3v) is 6.91. The highest BCUT2D eigenvalue weighted by Crippen LogP contribution is 2.22. The molecule has 144 valence electrons. The average molecular weight is 405 g/mol. The van der Waals surface area contributed by atoms with Crippen molar-refractivity contribution in [2.24, 2.45) is 0 Å². The number of rotatable bonds is 6. The molecule has 0 fully saturated rings. The number of aromatic nitrogens is 3. The van der Waals surface area contributed by atoms with Crippen LogP contribution in [0.1, 0.15) is 33.8 Å². The van der Waals surface area contributed by atoms with E-state index in [1.807, 2.05) is 62.9 Å². The first-order valence-corrected chi connectivity index (χ1v) is 11.1. The van der Waals surface area contributed by atoms with Crippen molar-refractivity contribution in [1.29, 1.82) is 0 Å². The summed E-state index contributed by atoms with van der Waals surface area (Å²) in [6.45, 7) is 9.86. The maximum atomic E-state index is 12.7. The Morgan fingerprint density at radius 3 is 2.33 bits per heavy atom. The van der Waals surface area contributed by atoms with E-state index < -0.39 is 10.0 Å². The number of nitrogens with zero attached hydrogens (tertiary/aromatic N) is 3. The van der Waals surface area contributed by atoms with Crippen LogP contribution in [0, 0.1) is 34.6 Å². The van der Waals surface area contributed by atoms with Crippen LogP contribution in [0.5, 0.6) is 0 Å². The first-order valence-electron chi connectivity index (χ1n) is 8.73. The van der Waals surface area contributed by atoms with E-state index in [4.69, 9.17) is 0 Å². The normalized spacial score (nSPS) is 11.9. The Morgan fingerprint density at radius 2 is 1.74 bits per heavy atom. The van der Waals surface area contributed by atoms with Crippen LogP contribution in [0.25, 0.3) is 5.13 Å². The third-order valence-electron chi connectivity index (χ3n) is 4.28. The fourth-order valence-corrected chi connectivity index (χ4v) is 5.65. The van der Waals surface area contributed by atoms with Crippen LogP contribution < -0.4 is 4.72 Å². The Hall–Kier alpha value is -2.03. The van der Waals surface area contributed by atoms with Crippen LogP contribution in [0.2, 0.25) is 0 Å². The molecule has 27 heavy (non-hydrogen) atoms. The van der Waals surface area contributed by atoms with Crippen molar-refractivity contribution in [3.63, 3.8) is 0 Å². The topological polar surface area (TPSA) is 76.9 Å². The number of thiazole rings is 1. The molecular weight excluding hydrogens is 380 g/mol. The van der Waals surface area contributed by atoms with Gasteiger partial charge in [0.2, 0.25) is 15.2 Å². The van der Waals surface area contributed by atoms with Gasteiger partial charge < -0.3 is 0 Å². The lowest BCUT2D eigenvalue weighted by Crippen LogP contribution is -2.27. The molecule has 0 saturated carbocycles. The first kappa shape index (κ1) is 19.7. The van der Waals surface area contributed by atoms with Gasteiger partial charge >= 0.3 is 0 Å². The van der Waals surface area contributed by atoms with Gasteiger partial charge in [0.1, 0.15) is 0 Å². The van der Waals surface area contributed by atoms with E-state index >= 15 is 0 Å². The second-order valence-corrected chi connectivity index (χ2v) is 9.38. The van der Waals surface area contributed by atoms with Crippen LogP contribution in [-0.4, -0.2) is 29.7 Å². The van der Waals surface area contributed by atoms with Crippen molar-refractivity contribution in [1.82, 2.24) is 19.5 Å². The molecule has 0 saturated heterocycles. The average Bonchev–Trinajstić information content (AvgIpc) is 3.11. The van der Waals surface area contributed by atoms with Crippen molar-refractivity contribution in [3.8, 4) is 5.13 Å². The largest absolute Gasteiger partial charge is 0.241 e. The number of hydrogen-bond acceptors (Lipinski definition) is 5. The van der Waals surface area contributed by atoms with E-state index in [-0.39, 0.29) is 0 Å². The molecule has 2 aromatic heterocycles. The van der Waals surface area contributed by atoms with Crippen molar-refractivity contribution in [3.05, 3.63) is 57.4 Å². The summed E-state index contributed by atoms with van der Waals surface area (Å²) in [6.07, 6.45) is 0.527. The van der Waals surface area contributed by atoms with Gasteiger partial charge in [-0.05, 0) is 51.8 Å². The molecule has 1 N–H and O–H groups in total. The van der Waals surface area contributed by atoms with Crippen LogP contribution in [0.4, 0.5) is 0 Å². The minimum atomic E-state index is -3.55. The maximum Gasteiger partial charge on any atom is 0.241 e. The van der Waals surface area contributed by atoms with Crippen molar-refractivity contribution in [2.75, 3.05) is 6.54 Å². The molecule has 0 aliphatic rings. The van der Waals surface area contributed by atoms with Gasteiger partial charge in [0.05, 0.1) is 16.3 Å². The van der Waals surface area contributed by atoms with Gasteiger partial charge in [0.15, 0.2) is 0 Å². The monoisotopic (exact) mass is 404 g/mol. The maximum absolute atomic E-state index is 12.7. The van der Waals surface area contributed by atoms with Gasteiger partial charge in [0, 0.05) is 24.0 Å². The van der Waals surface area contributed by atoms with Gasteiger partial charge in [0.25, 0.3) is 0 Å². The van der Waals surface area contributed by atoms with Crippen LogP contribution in [0.15, 0.2) is 28.5 Å². The summed E-state index contributed by atoms with van der Waals surface area (Å²) < 4.78 is 29.9. The highest BCUT2D eigenvalue weighted by Gasteiger charge is 2.19. The van der Waals surface area contributed by atoms with E-state index in [2.05, 4.69) is 14.8 Å². The number of nitrogens with one attached hydrogen (secondary N) is 1. The number of aryl methyl sites for hydroxylation is 5. The molecule has 0 aliphatic carbocycles. The Bertz CT molecular complexity index is 1060. The molecule has 6 nitrogen and oxygen atoms in total. The molecule has 0 bridgehead atoms. The van der Waals surface area contributed by atoms with Gasteiger partial charge in [-0.15, -0.1) is 11.3 Å². The zero-order valence-electron chi connectivity index (χ0n) is 16.2. The minimum absolute atomic E-state index is 0.301. The molecule has 0 amide bonds. The second-order valence-electron chi connectivity index (χ2n) is 6.84. The smallest absolute Gasteiger partial charge is 0.223 e. The van der Waals surface area contributed by atoms with Gasteiger partial charge in [-0.2, -0.15) is 5.10 Å². The lowest BCUT2D eigenvalue weighted by atomic mass is 10.1. The molecule has 0 unspecified atom stereocenters. The van der Waals surface area contributed by atoms with E-state index in [1.165, 1.54) is 11.3 Å². The predicted octanol–water partition coefficient (Wildman–Crippen LogP) is 3.39. The van der Waals surface area contributed by atoms with Crippen LogP contribution in [-0.2, 0) is 16.4 Å². The molecule has 1 aromatic carbocycles. The van der Waals surface area contributed by atoms with Gasteiger partial charge in [-0.3, -0.25) is 0 Å². The summed E-state index contributed by atoms with van der Waals surface area (Å²) in [4.78, 5) is 4.95. The summed E-state index contributed by atoms with van der Waals surface area (Å²) in [7, 11) is -3.55. The molecular formula is C19H24N4O2S2. The molecule has 8 heteroatoms. The molecule has 0 radical (unpaired) electrons. The van der Waals surface area contributed by atoms with E-state index in [0.717, 1.165) is 38.9 Å². The Morgan fingerprint density at radius 1 is 1.07 bits per heavy atom. The van der Waals surface area contributed by atoms with Gasteiger partial charge in [-0.25, -0.2) is 22.8 Å². The zero-order valence-corrected chi connectivity index (χ0v) is 17.8. The standard InChI is InChI=1S/C19H24N4O2S2/c1-12-8-13(2)18(14(3)9-12)27(24,25)20-7-6-17-11-26-19(21-17)23-16(5)10-15(4)22-23/h8-11,20H,6-7H2,1-5H3. The number of benzene rings is 1. The van der Waals surface area contributed by atoms with Crippen LogP contribution in [0.3, 0.4) is 0 Å². The summed E-state index contributed by atoms with van der Waals surface area (Å²) in [5.74, 6) is 0. The zero-order chi connectivity index (χ0) is 19.8. The van der Waals surface area contributed by atoms with Crippen molar-refractivity contribution in [2.45, 2.75) is 45.9 Å². The summed E-state index contributed by atoms with van der Waals surface area (Å²) >= 11 is 1.50. The van der Waals surface area contributed by atoms with Gasteiger partial charge in [-0.1, -0.05) is 17.7 Å². The third kappa shape index (κ3) is 4.28.